The van der Waals surface area contributed by atoms with Gasteiger partial charge in [-0.05, 0) is 24.6 Å². The lowest BCUT2D eigenvalue weighted by Gasteiger charge is -2.08. The minimum atomic E-state index is 0.131. The van der Waals surface area contributed by atoms with Crippen LogP contribution in [0.3, 0.4) is 0 Å². The molecule has 0 unspecified atom stereocenters. The van der Waals surface area contributed by atoms with Crippen molar-refractivity contribution in [3.8, 4) is 0 Å². The van der Waals surface area contributed by atoms with Crippen molar-refractivity contribution in [2.45, 2.75) is 11.3 Å². The Kier molecular flexibility index (Phi) is 6.39. The normalized spacial score (nSPS) is 11.8. The molecule has 6 heteroatoms. The Hall–Kier alpha value is -0.720. The molecule has 0 aliphatic rings. The Morgan fingerprint density at radius 1 is 1.59 bits per heavy atom. The number of rotatable bonds is 6. The number of amidine groups is 1. The third kappa shape index (κ3) is 4.57. The molecule has 1 aromatic carbocycles. The van der Waals surface area contributed by atoms with Crippen LogP contribution >= 0.6 is 27.7 Å². The van der Waals surface area contributed by atoms with Crippen LogP contribution in [0.1, 0.15) is 12.0 Å². The first-order valence-electron chi connectivity index (χ1n) is 5.08. The van der Waals surface area contributed by atoms with E-state index < -0.39 is 0 Å². The fraction of sp³-hybridized carbons (Fsp3) is 0.364. The maximum absolute atomic E-state index is 8.71. The molecule has 0 saturated carbocycles. The highest BCUT2D eigenvalue weighted by molar-refractivity contribution is 9.10. The molecule has 94 valence electrons. The molecule has 1 aromatic rings. The van der Waals surface area contributed by atoms with E-state index in [4.69, 9.17) is 15.7 Å². The van der Waals surface area contributed by atoms with Gasteiger partial charge in [-0.15, -0.1) is 11.8 Å². The molecule has 0 bridgehead atoms. The summed E-state index contributed by atoms with van der Waals surface area (Å²) in [6.07, 6.45) is 0.962. The molecule has 0 aliphatic carbocycles. The van der Waals surface area contributed by atoms with Crippen molar-refractivity contribution in [3.05, 3.63) is 28.2 Å². The van der Waals surface area contributed by atoms with Crippen molar-refractivity contribution >= 4 is 33.5 Å². The average molecular weight is 319 g/mol. The van der Waals surface area contributed by atoms with Crippen LogP contribution in [0.15, 0.2) is 32.7 Å². The molecule has 0 aliphatic heterocycles. The molecule has 0 radical (unpaired) electrons. The molecule has 0 saturated heterocycles. The predicted octanol–water partition coefficient (Wildman–Crippen LogP) is 2.67. The summed E-state index contributed by atoms with van der Waals surface area (Å²) in [5.74, 6) is 1.06. The van der Waals surface area contributed by atoms with Crippen LogP contribution in [-0.2, 0) is 4.74 Å². The molecule has 0 spiro atoms. The van der Waals surface area contributed by atoms with E-state index in [2.05, 4.69) is 21.1 Å². The van der Waals surface area contributed by atoms with Crippen LogP contribution in [0.2, 0.25) is 0 Å². The van der Waals surface area contributed by atoms with Crippen LogP contribution in [0.4, 0.5) is 0 Å². The summed E-state index contributed by atoms with van der Waals surface area (Å²) in [6, 6.07) is 5.66. The number of thioether (sulfide) groups is 1. The van der Waals surface area contributed by atoms with Gasteiger partial charge in [0.1, 0.15) is 0 Å². The van der Waals surface area contributed by atoms with Gasteiger partial charge >= 0.3 is 0 Å². The van der Waals surface area contributed by atoms with E-state index in [0.29, 0.717) is 0 Å². The summed E-state index contributed by atoms with van der Waals surface area (Å²) in [5, 5.41) is 11.7. The van der Waals surface area contributed by atoms with Gasteiger partial charge in [-0.3, -0.25) is 0 Å². The van der Waals surface area contributed by atoms with Gasteiger partial charge in [0.25, 0.3) is 0 Å². The van der Waals surface area contributed by atoms with Gasteiger partial charge in [0.2, 0.25) is 0 Å². The Labute approximate surface area is 113 Å². The summed E-state index contributed by atoms with van der Waals surface area (Å²) in [7, 11) is 1.69. The van der Waals surface area contributed by atoms with E-state index in [1.807, 2.05) is 18.2 Å². The summed E-state index contributed by atoms with van der Waals surface area (Å²) >= 11 is 5.07. The summed E-state index contributed by atoms with van der Waals surface area (Å²) < 4.78 is 5.96. The number of ether oxygens (including phenoxy) is 1. The zero-order chi connectivity index (χ0) is 12.7. The predicted molar refractivity (Wildman–Crippen MR) is 73.9 cm³/mol. The van der Waals surface area contributed by atoms with E-state index >= 15 is 0 Å². The maximum atomic E-state index is 8.71. The summed E-state index contributed by atoms with van der Waals surface area (Å²) in [6.45, 7) is 0.736. The Morgan fingerprint density at radius 3 is 3.00 bits per heavy atom. The van der Waals surface area contributed by atoms with Crippen molar-refractivity contribution < 1.29 is 9.94 Å². The molecule has 0 aromatic heterocycles. The van der Waals surface area contributed by atoms with Crippen LogP contribution < -0.4 is 5.73 Å². The molecule has 4 nitrogen and oxygen atoms in total. The first-order valence-corrected chi connectivity index (χ1v) is 6.86. The number of halogens is 1. The summed E-state index contributed by atoms with van der Waals surface area (Å²) in [4.78, 5) is 0.991. The van der Waals surface area contributed by atoms with Gasteiger partial charge in [-0.25, -0.2) is 0 Å². The first kappa shape index (κ1) is 14.3. The standard InChI is InChI=1S/C11H15BrN2O2S/c1-16-5-2-6-17-10-7-8(12)3-4-9(10)11(13)14-15/h3-4,7,15H,2,5-6H2,1H3,(H2,13,14). The molecule has 1 rings (SSSR count). The molecule has 0 fully saturated rings. The van der Waals surface area contributed by atoms with E-state index in [9.17, 15) is 0 Å². The summed E-state index contributed by atoms with van der Waals surface area (Å²) in [5.41, 5.74) is 6.37. The third-order valence-electron chi connectivity index (χ3n) is 2.08. The lowest BCUT2D eigenvalue weighted by molar-refractivity contribution is 0.200. The Morgan fingerprint density at radius 2 is 2.35 bits per heavy atom. The molecule has 0 atom stereocenters. The van der Waals surface area contributed by atoms with Crippen LogP contribution in [0.25, 0.3) is 0 Å². The number of hydrogen-bond acceptors (Lipinski definition) is 4. The van der Waals surface area contributed by atoms with E-state index in [-0.39, 0.29) is 5.84 Å². The van der Waals surface area contributed by atoms with Crippen LogP contribution in [0, 0.1) is 0 Å². The third-order valence-corrected chi connectivity index (χ3v) is 3.71. The second-order valence-electron chi connectivity index (χ2n) is 3.32. The minimum absolute atomic E-state index is 0.131. The number of hydrogen-bond donors (Lipinski definition) is 2. The van der Waals surface area contributed by atoms with Crippen molar-refractivity contribution in [1.29, 1.82) is 0 Å². The zero-order valence-electron chi connectivity index (χ0n) is 9.52. The maximum Gasteiger partial charge on any atom is 0.171 e. The molecule has 0 heterocycles. The number of methoxy groups -OCH3 is 1. The van der Waals surface area contributed by atoms with Crippen molar-refractivity contribution in [1.82, 2.24) is 0 Å². The number of nitrogens with two attached hydrogens (primary N) is 1. The molecule has 3 N–H and O–H groups in total. The van der Waals surface area contributed by atoms with Crippen LogP contribution in [0.5, 0.6) is 0 Å². The minimum Gasteiger partial charge on any atom is -0.409 e. The zero-order valence-corrected chi connectivity index (χ0v) is 11.9. The van der Waals surface area contributed by atoms with Crippen molar-refractivity contribution in [2.24, 2.45) is 10.9 Å². The highest BCUT2D eigenvalue weighted by Gasteiger charge is 2.08. The molecule has 17 heavy (non-hydrogen) atoms. The number of nitrogens with zero attached hydrogens (tertiary/aromatic N) is 1. The Balaban J connectivity index is 2.77. The fourth-order valence-electron chi connectivity index (χ4n) is 1.27. The van der Waals surface area contributed by atoms with Crippen molar-refractivity contribution in [2.75, 3.05) is 19.5 Å². The van der Waals surface area contributed by atoms with E-state index in [1.165, 1.54) is 0 Å². The Bertz CT molecular complexity index is 399. The molecule has 0 amide bonds. The van der Waals surface area contributed by atoms with Gasteiger partial charge in [-0.2, -0.15) is 0 Å². The first-order chi connectivity index (χ1) is 8.19. The van der Waals surface area contributed by atoms with Gasteiger partial charge in [0.15, 0.2) is 5.84 Å². The number of oxime groups is 1. The van der Waals surface area contributed by atoms with E-state index in [0.717, 1.165) is 33.7 Å². The van der Waals surface area contributed by atoms with E-state index in [1.54, 1.807) is 18.9 Å². The topological polar surface area (TPSA) is 67.8 Å². The SMILES string of the molecule is COCCCSc1cc(Br)ccc1/C(N)=N/O. The lowest BCUT2D eigenvalue weighted by Crippen LogP contribution is -2.14. The second kappa shape index (κ2) is 7.58. The molecular formula is C11H15BrN2O2S. The number of benzene rings is 1. The lowest BCUT2D eigenvalue weighted by atomic mass is 10.2. The van der Waals surface area contributed by atoms with Gasteiger partial charge in [0, 0.05) is 34.4 Å². The molecular weight excluding hydrogens is 304 g/mol. The monoisotopic (exact) mass is 318 g/mol. The van der Waals surface area contributed by atoms with Gasteiger partial charge < -0.3 is 15.7 Å². The largest absolute Gasteiger partial charge is 0.409 e. The highest BCUT2D eigenvalue weighted by Crippen LogP contribution is 2.27. The van der Waals surface area contributed by atoms with Gasteiger partial charge in [-0.1, -0.05) is 21.1 Å². The second-order valence-corrected chi connectivity index (χ2v) is 5.37. The smallest absolute Gasteiger partial charge is 0.171 e. The van der Waals surface area contributed by atoms with Crippen molar-refractivity contribution in [3.63, 3.8) is 0 Å². The fourth-order valence-corrected chi connectivity index (χ4v) is 2.80. The highest BCUT2D eigenvalue weighted by atomic mass is 79.9. The quantitative estimate of drug-likeness (QED) is 0.211. The average Bonchev–Trinajstić information content (AvgIpc) is 2.34. The van der Waals surface area contributed by atoms with Gasteiger partial charge in [0.05, 0.1) is 0 Å². The van der Waals surface area contributed by atoms with Crippen LogP contribution in [-0.4, -0.2) is 30.5 Å².